The maximum atomic E-state index is 14.4. The topological polar surface area (TPSA) is 39.7 Å². The number of guanidine groups is 1. The minimum Gasteiger partial charge on any atom is -0.357 e. The van der Waals surface area contributed by atoms with Gasteiger partial charge >= 0.3 is 0 Å². The van der Waals surface area contributed by atoms with Gasteiger partial charge in [-0.05, 0) is 51.9 Å². The average molecular weight is 341 g/mol. The fourth-order valence-corrected chi connectivity index (χ4v) is 3.25. The first-order valence-corrected chi connectivity index (χ1v) is 8.75. The van der Waals surface area contributed by atoms with Crippen LogP contribution >= 0.6 is 11.6 Å². The number of benzene rings is 1. The Morgan fingerprint density at radius 1 is 1.26 bits per heavy atom. The number of hydrogen-bond donors (Lipinski definition) is 2. The number of aliphatic imine (C=N–C) groups is 1. The highest BCUT2D eigenvalue weighted by Gasteiger charge is 2.27. The molecule has 0 saturated carbocycles. The number of halogens is 2. The van der Waals surface area contributed by atoms with E-state index in [4.69, 9.17) is 11.6 Å². The van der Waals surface area contributed by atoms with Crippen molar-refractivity contribution in [2.45, 2.75) is 32.7 Å². The van der Waals surface area contributed by atoms with Crippen molar-refractivity contribution in [3.63, 3.8) is 0 Å². The standard InChI is InChI=1S/C17H26ClFN4/c1-3-20-17(21-4-2)22-12-15(23-10-5-6-11-23)16-13(18)8-7-9-14(16)19/h7-9,15H,3-6,10-12H2,1-2H3,(H2,20,21,22). The summed E-state index contributed by atoms with van der Waals surface area (Å²) in [4.78, 5) is 6.92. The molecular formula is C17H26ClFN4. The van der Waals surface area contributed by atoms with Gasteiger partial charge in [-0.15, -0.1) is 0 Å². The molecule has 0 amide bonds. The summed E-state index contributed by atoms with van der Waals surface area (Å²) in [5.74, 6) is 0.504. The van der Waals surface area contributed by atoms with Crippen LogP contribution < -0.4 is 10.6 Å². The van der Waals surface area contributed by atoms with E-state index in [1.165, 1.54) is 6.07 Å². The third kappa shape index (κ3) is 4.82. The van der Waals surface area contributed by atoms with Crippen molar-refractivity contribution < 1.29 is 4.39 Å². The molecule has 1 aliphatic rings. The maximum absolute atomic E-state index is 14.4. The van der Waals surface area contributed by atoms with Crippen LogP contribution in [0.2, 0.25) is 5.02 Å². The predicted molar refractivity (Wildman–Crippen MR) is 94.6 cm³/mol. The van der Waals surface area contributed by atoms with Crippen molar-refractivity contribution in [2.75, 3.05) is 32.7 Å². The van der Waals surface area contributed by atoms with Gasteiger partial charge in [-0.1, -0.05) is 17.7 Å². The lowest BCUT2D eigenvalue weighted by molar-refractivity contribution is 0.246. The molecule has 23 heavy (non-hydrogen) atoms. The van der Waals surface area contributed by atoms with Crippen LogP contribution in [0.4, 0.5) is 4.39 Å². The maximum Gasteiger partial charge on any atom is 0.191 e. The molecule has 0 bridgehead atoms. The molecule has 1 aromatic carbocycles. The van der Waals surface area contributed by atoms with Crippen LogP contribution in [0.5, 0.6) is 0 Å². The van der Waals surface area contributed by atoms with Crippen LogP contribution in [0.15, 0.2) is 23.2 Å². The molecule has 1 atom stereocenters. The first kappa shape index (κ1) is 18.0. The highest BCUT2D eigenvalue weighted by molar-refractivity contribution is 6.31. The van der Waals surface area contributed by atoms with Gasteiger partial charge in [0.15, 0.2) is 5.96 Å². The van der Waals surface area contributed by atoms with E-state index in [2.05, 4.69) is 20.5 Å². The SMILES string of the molecule is CCNC(=NCC(c1c(F)cccc1Cl)N1CCCC1)NCC. The van der Waals surface area contributed by atoms with Gasteiger partial charge in [0.1, 0.15) is 5.82 Å². The van der Waals surface area contributed by atoms with E-state index >= 15 is 0 Å². The Bertz CT molecular complexity index is 501. The van der Waals surface area contributed by atoms with Crippen molar-refractivity contribution in [1.82, 2.24) is 15.5 Å². The van der Waals surface area contributed by atoms with Crippen molar-refractivity contribution in [3.05, 3.63) is 34.6 Å². The van der Waals surface area contributed by atoms with Crippen LogP contribution in [-0.2, 0) is 0 Å². The van der Waals surface area contributed by atoms with Gasteiger partial charge in [0.2, 0.25) is 0 Å². The smallest absolute Gasteiger partial charge is 0.191 e. The van der Waals surface area contributed by atoms with Gasteiger partial charge in [-0.3, -0.25) is 9.89 Å². The van der Waals surface area contributed by atoms with E-state index in [1.807, 2.05) is 13.8 Å². The second kappa shape index (κ2) is 9.08. The lowest BCUT2D eigenvalue weighted by Crippen LogP contribution is -2.38. The second-order valence-corrected chi connectivity index (χ2v) is 6.05. The van der Waals surface area contributed by atoms with Gasteiger partial charge < -0.3 is 10.6 Å². The third-order valence-electron chi connectivity index (χ3n) is 4.03. The molecule has 6 heteroatoms. The van der Waals surface area contributed by atoms with Crippen molar-refractivity contribution in [1.29, 1.82) is 0 Å². The molecule has 4 nitrogen and oxygen atoms in total. The van der Waals surface area contributed by atoms with Crippen LogP contribution in [0.1, 0.15) is 38.3 Å². The van der Waals surface area contributed by atoms with Crippen molar-refractivity contribution in [3.8, 4) is 0 Å². The molecule has 1 heterocycles. The molecule has 1 aliphatic heterocycles. The summed E-state index contributed by atoms with van der Waals surface area (Å²) in [5.41, 5.74) is 0.562. The summed E-state index contributed by atoms with van der Waals surface area (Å²) in [6.45, 7) is 8.04. The Balaban J connectivity index is 2.26. The number of likely N-dealkylation sites (tertiary alicyclic amines) is 1. The quantitative estimate of drug-likeness (QED) is 0.617. The van der Waals surface area contributed by atoms with Crippen molar-refractivity contribution in [2.24, 2.45) is 4.99 Å². The van der Waals surface area contributed by atoms with Gasteiger partial charge in [0.25, 0.3) is 0 Å². The summed E-state index contributed by atoms with van der Waals surface area (Å²) in [6, 6.07) is 4.75. The molecule has 0 spiro atoms. The van der Waals surface area contributed by atoms with Crippen LogP contribution in [0, 0.1) is 5.82 Å². The van der Waals surface area contributed by atoms with Crippen molar-refractivity contribution >= 4 is 17.6 Å². The first-order chi connectivity index (χ1) is 11.2. The third-order valence-corrected chi connectivity index (χ3v) is 4.35. The molecule has 1 aromatic rings. The van der Waals surface area contributed by atoms with E-state index in [0.717, 1.165) is 45.0 Å². The molecule has 1 fully saturated rings. The summed E-state index contributed by atoms with van der Waals surface area (Å²) in [5, 5.41) is 6.88. The lowest BCUT2D eigenvalue weighted by Gasteiger charge is -2.28. The molecule has 1 saturated heterocycles. The number of hydrogen-bond acceptors (Lipinski definition) is 2. The highest BCUT2D eigenvalue weighted by Crippen LogP contribution is 2.32. The normalized spacial score (nSPS) is 16.2. The number of nitrogens with zero attached hydrogens (tertiary/aromatic N) is 2. The Morgan fingerprint density at radius 2 is 1.91 bits per heavy atom. The number of nitrogens with one attached hydrogen (secondary N) is 2. The molecule has 2 rings (SSSR count). The summed E-state index contributed by atoms with van der Waals surface area (Å²) < 4.78 is 14.4. The van der Waals surface area contributed by atoms with E-state index in [1.54, 1.807) is 12.1 Å². The fourth-order valence-electron chi connectivity index (χ4n) is 2.96. The van der Waals surface area contributed by atoms with E-state index in [0.29, 0.717) is 17.1 Å². The van der Waals surface area contributed by atoms with E-state index in [9.17, 15) is 4.39 Å². The molecule has 2 N–H and O–H groups in total. The van der Waals surface area contributed by atoms with Crippen LogP contribution in [0.3, 0.4) is 0 Å². The second-order valence-electron chi connectivity index (χ2n) is 5.64. The Hall–Kier alpha value is -1.33. The van der Waals surface area contributed by atoms with Gasteiger partial charge in [-0.25, -0.2) is 4.39 Å². The molecule has 128 valence electrons. The Labute approximate surface area is 143 Å². The average Bonchev–Trinajstić information content (AvgIpc) is 3.04. The lowest BCUT2D eigenvalue weighted by atomic mass is 10.0. The molecule has 1 unspecified atom stereocenters. The van der Waals surface area contributed by atoms with Gasteiger partial charge in [0, 0.05) is 23.7 Å². The van der Waals surface area contributed by atoms with E-state index in [-0.39, 0.29) is 11.9 Å². The summed E-state index contributed by atoms with van der Waals surface area (Å²) in [6.07, 6.45) is 2.28. The minimum atomic E-state index is -0.252. The zero-order valence-electron chi connectivity index (χ0n) is 13.9. The zero-order valence-corrected chi connectivity index (χ0v) is 14.7. The Morgan fingerprint density at radius 3 is 2.48 bits per heavy atom. The molecule has 0 aliphatic carbocycles. The molecular weight excluding hydrogens is 315 g/mol. The first-order valence-electron chi connectivity index (χ1n) is 8.37. The van der Waals surface area contributed by atoms with Crippen LogP contribution in [0.25, 0.3) is 0 Å². The molecule has 0 aromatic heterocycles. The monoisotopic (exact) mass is 340 g/mol. The van der Waals surface area contributed by atoms with E-state index < -0.39 is 0 Å². The number of rotatable bonds is 6. The largest absolute Gasteiger partial charge is 0.357 e. The summed E-state index contributed by atoms with van der Waals surface area (Å²) in [7, 11) is 0. The molecule has 0 radical (unpaired) electrons. The fraction of sp³-hybridized carbons (Fsp3) is 0.588. The predicted octanol–water partition coefficient (Wildman–Crippen LogP) is 3.19. The zero-order chi connectivity index (χ0) is 16.7. The van der Waals surface area contributed by atoms with Crippen LogP contribution in [-0.4, -0.2) is 43.6 Å². The minimum absolute atomic E-state index is 0.126. The Kier molecular flexibility index (Phi) is 7.12. The van der Waals surface area contributed by atoms with Gasteiger partial charge in [0.05, 0.1) is 12.6 Å². The van der Waals surface area contributed by atoms with Gasteiger partial charge in [-0.2, -0.15) is 0 Å². The highest BCUT2D eigenvalue weighted by atomic mass is 35.5. The summed E-state index contributed by atoms with van der Waals surface area (Å²) >= 11 is 6.29.